The van der Waals surface area contributed by atoms with Crippen LogP contribution in [-0.4, -0.2) is 18.5 Å². The topological polar surface area (TPSA) is 41.1 Å². The molecule has 1 heterocycles. The highest BCUT2D eigenvalue weighted by Gasteiger charge is 2.23. The number of amides is 1. The highest BCUT2D eigenvalue weighted by atomic mass is 35.5. The van der Waals surface area contributed by atoms with E-state index in [0.717, 1.165) is 18.5 Å². The van der Waals surface area contributed by atoms with Crippen molar-refractivity contribution in [3.63, 3.8) is 0 Å². The average Bonchev–Trinajstić information content (AvgIpc) is 2.12. The molecular weight excluding hydrogens is 247 g/mol. The van der Waals surface area contributed by atoms with Crippen LogP contribution in [0.1, 0.15) is 12.0 Å². The Morgan fingerprint density at radius 3 is 2.88 bits per heavy atom. The number of carbonyl (C=O) groups excluding carboxylic acids is 1. The molecule has 0 bridgehead atoms. The summed E-state index contributed by atoms with van der Waals surface area (Å²) >= 11 is 5.84. The zero-order valence-electron chi connectivity index (χ0n) is 8.70. The van der Waals surface area contributed by atoms with Gasteiger partial charge < -0.3 is 10.6 Å². The largest absolute Gasteiger partial charge is 0.351 e. The number of nitrogens with one attached hydrogen (secondary N) is 2. The van der Waals surface area contributed by atoms with Gasteiger partial charge in [0.05, 0.1) is 6.04 Å². The SMILES string of the molecule is Cl.O=C(NCc1cccc(Cl)c1)[C@H]1CCN1. The monoisotopic (exact) mass is 260 g/mol. The van der Waals surface area contributed by atoms with Gasteiger partial charge in [0.1, 0.15) is 0 Å². The first kappa shape index (κ1) is 13.3. The molecule has 1 aliphatic heterocycles. The summed E-state index contributed by atoms with van der Waals surface area (Å²) in [5, 5.41) is 6.62. The van der Waals surface area contributed by atoms with E-state index in [2.05, 4.69) is 10.6 Å². The van der Waals surface area contributed by atoms with E-state index in [1.165, 1.54) is 0 Å². The molecule has 0 aliphatic carbocycles. The number of rotatable bonds is 3. The van der Waals surface area contributed by atoms with Gasteiger partial charge in [0.25, 0.3) is 0 Å². The smallest absolute Gasteiger partial charge is 0.237 e. The first-order valence-electron chi connectivity index (χ1n) is 5.01. The fraction of sp³-hybridized carbons (Fsp3) is 0.364. The summed E-state index contributed by atoms with van der Waals surface area (Å²) in [7, 11) is 0. The van der Waals surface area contributed by atoms with E-state index in [9.17, 15) is 4.79 Å². The summed E-state index contributed by atoms with van der Waals surface area (Å²) < 4.78 is 0. The molecule has 1 amide bonds. The number of hydrogen-bond acceptors (Lipinski definition) is 2. The van der Waals surface area contributed by atoms with Crippen LogP contribution >= 0.6 is 24.0 Å². The molecule has 16 heavy (non-hydrogen) atoms. The van der Waals surface area contributed by atoms with Crippen molar-refractivity contribution < 1.29 is 4.79 Å². The van der Waals surface area contributed by atoms with Gasteiger partial charge in [0.15, 0.2) is 0 Å². The Balaban J connectivity index is 0.00000128. The Morgan fingerprint density at radius 1 is 1.56 bits per heavy atom. The normalized spacial score (nSPS) is 18.2. The molecule has 1 fully saturated rings. The average molecular weight is 261 g/mol. The molecule has 0 unspecified atom stereocenters. The molecule has 1 atom stereocenters. The predicted molar refractivity (Wildman–Crippen MR) is 67.0 cm³/mol. The van der Waals surface area contributed by atoms with Crippen LogP contribution in [0.15, 0.2) is 24.3 Å². The zero-order valence-corrected chi connectivity index (χ0v) is 10.3. The van der Waals surface area contributed by atoms with Crippen LogP contribution in [0, 0.1) is 0 Å². The first-order valence-corrected chi connectivity index (χ1v) is 5.39. The van der Waals surface area contributed by atoms with E-state index in [0.29, 0.717) is 11.6 Å². The van der Waals surface area contributed by atoms with E-state index < -0.39 is 0 Å². The molecule has 0 aromatic heterocycles. The van der Waals surface area contributed by atoms with E-state index >= 15 is 0 Å². The van der Waals surface area contributed by atoms with Crippen molar-refractivity contribution in [2.45, 2.75) is 19.0 Å². The van der Waals surface area contributed by atoms with E-state index in [1.807, 2.05) is 24.3 Å². The summed E-state index contributed by atoms with van der Waals surface area (Å²) in [6.45, 7) is 1.48. The maximum Gasteiger partial charge on any atom is 0.237 e. The molecule has 0 saturated carbocycles. The van der Waals surface area contributed by atoms with Gasteiger partial charge in [-0.3, -0.25) is 4.79 Å². The number of hydrogen-bond donors (Lipinski definition) is 2. The Hall–Kier alpha value is -0.770. The fourth-order valence-electron chi connectivity index (χ4n) is 1.47. The zero-order chi connectivity index (χ0) is 10.7. The third kappa shape index (κ3) is 3.37. The molecule has 1 aromatic carbocycles. The van der Waals surface area contributed by atoms with Gasteiger partial charge in [-0.25, -0.2) is 0 Å². The fourth-order valence-corrected chi connectivity index (χ4v) is 1.68. The predicted octanol–water partition coefficient (Wildman–Crippen LogP) is 1.74. The van der Waals surface area contributed by atoms with Crippen LogP contribution in [-0.2, 0) is 11.3 Å². The molecular formula is C11H14Cl2N2O. The number of halogens is 2. The van der Waals surface area contributed by atoms with Crippen LogP contribution in [0.3, 0.4) is 0 Å². The van der Waals surface area contributed by atoms with Crippen molar-refractivity contribution in [3.8, 4) is 0 Å². The highest BCUT2D eigenvalue weighted by molar-refractivity contribution is 6.30. The quantitative estimate of drug-likeness (QED) is 0.870. The van der Waals surface area contributed by atoms with Gasteiger partial charge in [-0.1, -0.05) is 23.7 Å². The Bertz CT molecular complexity index is 367. The first-order chi connectivity index (χ1) is 7.25. The number of carbonyl (C=O) groups is 1. The second-order valence-corrected chi connectivity index (χ2v) is 4.08. The van der Waals surface area contributed by atoms with Crippen molar-refractivity contribution in [1.29, 1.82) is 0 Å². The van der Waals surface area contributed by atoms with Crippen molar-refractivity contribution in [1.82, 2.24) is 10.6 Å². The molecule has 3 nitrogen and oxygen atoms in total. The second kappa shape index (κ2) is 6.09. The minimum atomic E-state index is 0. The van der Waals surface area contributed by atoms with Gasteiger partial charge in [-0.15, -0.1) is 12.4 Å². The maximum absolute atomic E-state index is 11.5. The van der Waals surface area contributed by atoms with Gasteiger partial charge >= 0.3 is 0 Å². The lowest BCUT2D eigenvalue weighted by molar-refractivity contribution is -0.124. The molecule has 88 valence electrons. The molecule has 0 spiro atoms. The number of benzene rings is 1. The van der Waals surface area contributed by atoms with Crippen LogP contribution in [0.2, 0.25) is 5.02 Å². The van der Waals surface area contributed by atoms with Gasteiger partial charge in [-0.05, 0) is 30.7 Å². The molecule has 1 aromatic rings. The molecule has 2 rings (SSSR count). The van der Waals surface area contributed by atoms with Crippen LogP contribution < -0.4 is 10.6 Å². The molecule has 1 aliphatic rings. The van der Waals surface area contributed by atoms with E-state index in [4.69, 9.17) is 11.6 Å². The van der Waals surface area contributed by atoms with Crippen molar-refractivity contribution >= 4 is 29.9 Å². The van der Waals surface area contributed by atoms with Crippen molar-refractivity contribution in [2.24, 2.45) is 0 Å². The minimum Gasteiger partial charge on any atom is -0.351 e. The van der Waals surface area contributed by atoms with Crippen LogP contribution in [0.5, 0.6) is 0 Å². The minimum absolute atomic E-state index is 0. The molecule has 5 heteroatoms. The lowest BCUT2D eigenvalue weighted by Gasteiger charge is -2.26. The lowest BCUT2D eigenvalue weighted by atomic mass is 10.1. The van der Waals surface area contributed by atoms with E-state index in [-0.39, 0.29) is 24.4 Å². The Labute approximate surface area is 106 Å². The Kier molecular flexibility index (Phi) is 5.06. The van der Waals surface area contributed by atoms with Crippen LogP contribution in [0.4, 0.5) is 0 Å². The molecule has 1 saturated heterocycles. The third-order valence-corrected chi connectivity index (χ3v) is 2.73. The highest BCUT2D eigenvalue weighted by Crippen LogP contribution is 2.10. The summed E-state index contributed by atoms with van der Waals surface area (Å²) in [6, 6.07) is 7.51. The molecule has 0 radical (unpaired) electrons. The summed E-state index contributed by atoms with van der Waals surface area (Å²) in [6.07, 6.45) is 0.932. The second-order valence-electron chi connectivity index (χ2n) is 3.64. The van der Waals surface area contributed by atoms with Crippen molar-refractivity contribution in [2.75, 3.05) is 6.54 Å². The molecule has 2 N–H and O–H groups in total. The summed E-state index contributed by atoms with van der Waals surface area (Å²) in [4.78, 5) is 11.5. The van der Waals surface area contributed by atoms with Crippen LogP contribution in [0.25, 0.3) is 0 Å². The third-order valence-electron chi connectivity index (χ3n) is 2.50. The van der Waals surface area contributed by atoms with Gasteiger partial charge in [-0.2, -0.15) is 0 Å². The summed E-state index contributed by atoms with van der Waals surface area (Å²) in [5.74, 6) is 0.0706. The standard InChI is InChI=1S/C11H13ClN2O.ClH/c12-9-3-1-2-8(6-9)7-14-11(15)10-4-5-13-10;/h1-3,6,10,13H,4-5,7H2,(H,14,15);1H/t10-;/m1./s1. The van der Waals surface area contributed by atoms with Gasteiger partial charge in [0, 0.05) is 11.6 Å². The maximum atomic E-state index is 11.5. The van der Waals surface area contributed by atoms with Gasteiger partial charge in [0.2, 0.25) is 5.91 Å². The van der Waals surface area contributed by atoms with E-state index in [1.54, 1.807) is 0 Å². The Morgan fingerprint density at radius 2 is 2.31 bits per heavy atom. The summed E-state index contributed by atoms with van der Waals surface area (Å²) in [5.41, 5.74) is 1.02. The lowest BCUT2D eigenvalue weighted by Crippen LogP contribution is -2.52. The van der Waals surface area contributed by atoms with Crippen molar-refractivity contribution in [3.05, 3.63) is 34.9 Å².